The number of rotatable bonds is 3. The van der Waals surface area contributed by atoms with Gasteiger partial charge < -0.3 is 10.4 Å². The zero-order valence-electron chi connectivity index (χ0n) is 14.0. The molecule has 0 aromatic heterocycles. The van der Waals surface area contributed by atoms with Crippen LogP contribution in [0.25, 0.3) is 0 Å². The summed E-state index contributed by atoms with van der Waals surface area (Å²) in [7, 11) is 0. The van der Waals surface area contributed by atoms with Gasteiger partial charge in [-0.15, -0.1) is 0 Å². The SMILES string of the molecule is Cc1ccc(C2=N[C@@H](C(C)C)[NH2+][C@H](c3ccccc3O)C2)cc1. The van der Waals surface area contributed by atoms with Crippen molar-refractivity contribution in [2.75, 3.05) is 0 Å². The molecule has 3 nitrogen and oxygen atoms in total. The van der Waals surface area contributed by atoms with E-state index in [2.05, 4.69) is 50.4 Å². The first-order valence-electron chi connectivity index (χ1n) is 8.31. The predicted octanol–water partition coefficient (Wildman–Crippen LogP) is 3.18. The minimum absolute atomic E-state index is 0.185. The highest BCUT2D eigenvalue weighted by atomic mass is 16.3. The van der Waals surface area contributed by atoms with Gasteiger partial charge in [-0.05, 0) is 24.6 Å². The first kappa shape index (κ1) is 15.8. The molecule has 0 fully saturated rings. The van der Waals surface area contributed by atoms with Gasteiger partial charge in [0.25, 0.3) is 0 Å². The lowest BCUT2D eigenvalue weighted by Crippen LogP contribution is -2.93. The molecular formula is C20H25N2O+. The molecule has 3 N–H and O–H groups in total. The fraction of sp³-hybridized carbons (Fsp3) is 0.350. The van der Waals surface area contributed by atoms with Crippen LogP contribution >= 0.6 is 0 Å². The third-order valence-electron chi connectivity index (χ3n) is 4.55. The Labute approximate surface area is 138 Å². The van der Waals surface area contributed by atoms with E-state index in [9.17, 15) is 5.11 Å². The molecule has 3 rings (SSSR count). The maximum atomic E-state index is 10.2. The third-order valence-corrected chi connectivity index (χ3v) is 4.55. The average Bonchev–Trinajstić information content (AvgIpc) is 2.55. The normalized spacial score (nSPS) is 21.3. The lowest BCUT2D eigenvalue weighted by atomic mass is 9.93. The number of quaternary nitrogens is 1. The molecule has 2 aromatic rings. The van der Waals surface area contributed by atoms with Crippen molar-refractivity contribution in [1.82, 2.24) is 0 Å². The number of aryl methyl sites for hydroxylation is 1. The maximum absolute atomic E-state index is 10.2. The Morgan fingerprint density at radius 1 is 1.09 bits per heavy atom. The number of phenols is 1. The van der Waals surface area contributed by atoms with Crippen molar-refractivity contribution < 1.29 is 10.4 Å². The Bertz CT molecular complexity index is 704. The molecule has 23 heavy (non-hydrogen) atoms. The van der Waals surface area contributed by atoms with E-state index in [1.54, 1.807) is 6.07 Å². The van der Waals surface area contributed by atoms with E-state index in [1.165, 1.54) is 11.1 Å². The molecule has 1 aliphatic heterocycles. The van der Waals surface area contributed by atoms with Crippen LogP contribution in [0.3, 0.4) is 0 Å². The highest BCUT2D eigenvalue weighted by Crippen LogP contribution is 2.27. The van der Waals surface area contributed by atoms with E-state index in [1.807, 2.05) is 18.2 Å². The molecule has 1 aliphatic rings. The molecule has 3 heteroatoms. The van der Waals surface area contributed by atoms with Gasteiger partial charge in [-0.25, -0.2) is 4.99 Å². The number of nitrogens with two attached hydrogens (primary N) is 1. The van der Waals surface area contributed by atoms with Crippen molar-refractivity contribution in [1.29, 1.82) is 0 Å². The predicted molar refractivity (Wildman–Crippen MR) is 93.7 cm³/mol. The Morgan fingerprint density at radius 3 is 2.43 bits per heavy atom. The Balaban J connectivity index is 1.96. The molecule has 0 radical (unpaired) electrons. The van der Waals surface area contributed by atoms with Crippen molar-refractivity contribution in [2.24, 2.45) is 10.9 Å². The zero-order chi connectivity index (χ0) is 16.4. The van der Waals surface area contributed by atoms with Crippen LogP contribution in [0.5, 0.6) is 5.75 Å². The molecule has 1 heterocycles. The fourth-order valence-corrected chi connectivity index (χ4v) is 3.11. The van der Waals surface area contributed by atoms with Crippen LogP contribution in [0.2, 0.25) is 0 Å². The first-order chi connectivity index (χ1) is 11.0. The van der Waals surface area contributed by atoms with Crippen molar-refractivity contribution in [3.05, 3.63) is 65.2 Å². The van der Waals surface area contributed by atoms with Crippen LogP contribution in [0.4, 0.5) is 0 Å². The molecule has 0 unspecified atom stereocenters. The summed E-state index contributed by atoms with van der Waals surface area (Å²) in [5, 5.41) is 12.5. The third kappa shape index (κ3) is 3.45. The van der Waals surface area contributed by atoms with Gasteiger partial charge in [0, 0.05) is 12.3 Å². The first-order valence-corrected chi connectivity index (χ1v) is 8.31. The van der Waals surface area contributed by atoms with Crippen molar-refractivity contribution >= 4 is 5.71 Å². The number of para-hydroxylation sites is 1. The molecule has 0 bridgehead atoms. The summed E-state index contributed by atoms with van der Waals surface area (Å²) >= 11 is 0. The number of hydrogen-bond acceptors (Lipinski definition) is 2. The van der Waals surface area contributed by atoms with E-state index in [0.29, 0.717) is 11.7 Å². The number of aromatic hydroxyl groups is 1. The van der Waals surface area contributed by atoms with Crippen LogP contribution in [-0.4, -0.2) is 17.0 Å². The van der Waals surface area contributed by atoms with Crippen molar-refractivity contribution in [3.63, 3.8) is 0 Å². The molecule has 120 valence electrons. The Hall–Kier alpha value is -2.13. The largest absolute Gasteiger partial charge is 0.507 e. The average molecular weight is 309 g/mol. The molecular weight excluding hydrogens is 284 g/mol. The van der Waals surface area contributed by atoms with Gasteiger partial charge in [-0.1, -0.05) is 55.8 Å². The summed E-state index contributed by atoms with van der Waals surface area (Å²) in [6, 6.07) is 16.4. The molecule has 2 aromatic carbocycles. The fourth-order valence-electron chi connectivity index (χ4n) is 3.11. The van der Waals surface area contributed by atoms with Crippen LogP contribution in [-0.2, 0) is 0 Å². The number of hydrogen-bond donors (Lipinski definition) is 2. The smallest absolute Gasteiger partial charge is 0.182 e. The summed E-state index contributed by atoms with van der Waals surface area (Å²) < 4.78 is 0. The van der Waals surface area contributed by atoms with Gasteiger partial charge in [0.1, 0.15) is 11.8 Å². The highest BCUT2D eigenvalue weighted by molar-refractivity contribution is 6.01. The van der Waals surface area contributed by atoms with Crippen LogP contribution in [0, 0.1) is 12.8 Å². The molecule has 0 amide bonds. The van der Waals surface area contributed by atoms with Crippen LogP contribution in [0.1, 0.15) is 43.0 Å². The lowest BCUT2D eigenvalue weighted by Gasteiger charge is -2.29. The van der Waals surface area contributed by atoms with Gasteiger partial charge >= 0.3 is 0 Å². The Morgan fingerprint density at radius 2 is 1.78 bits per heavy atom. The summed E-state index contributed by atoms with van der Waals surface area (Å²) in [6.07, 6.45) is 1.02. The van der Waals surface area contributed by atoms with E-state index in [0.717, 1.165) is 17.7 Å². The minimum atomic E-state index is 0.185. The number of benzene rings is 2. The summed E-state index contributed by atoms with van der Waals surface area (Å²) in [5.74, 6) is 0.825. The van der Waals surface area contributed by atoms with Gasteiger partial charge in [-0.2, -0.15) is 0 Å². The second kappa shape index (κ2) is 6.55. The van der Waals surface area contributed by atoms with Gasteiger partial charge in [0.2, 0.25) is 0 Å². The highest BCUT2D eigenvalue weighted by Gasteiger charge is 2.31. The molecule has 0 saturated heterocycles. The monoisotopic (exact) mass is 309 g/mol. The maximum Gasteiger partial charge on any atom is 0.182 e. The molecule has 0 spiro atoms. The molecule has 2 atom stereocenters. The standard InChI is InChI=1S/C20H24N2O/c1-13(2)20-21-17(15-10-8-14(3)9-11-15)12-18(22-20)16-6-4-5-7-19(16)23/h4-11,13,18,20,22-23H,12H2,1-3H3/p+1/t18-,20+/m0/s1. The molecule has 0 saturated carbocycles. The second-order valence-electron chi connectivity index (χ2n) is 6.74. The van der Waals surface area contributed by atoms with Crippen LogP contribution in [0.15, 0.2) is 53.5 Å². The number of nitrogens with zero attached hydrogens (tertiary/aromatic N) is 1. The van der Waals surface area contributed by atoms with Crippen molar-refractivity contribution in [2.45, 2.75) is 39.4 Å². The van der Waals surface area contributed by atoms with Gasteiger partial charge in [-0.3, -0.25) is 0 Å². The van der Waals surface area contributed by atoms with E-state index in [-0.39, 0.29) is 12.2 Å². The Kier molecular flexibility index (Phi) is 4.49. The lowest BCUT2D eigenvalue weighted by molar-refractivity contribution is -0.733. The summed E-state index contributed by atoms with van der Waals surface area (Å²) in [5.41, 5.74) is 4.58. The number of phenolic OH excluding ortho intramolecular Hbond substituents is 1. The van der Waals surface area contributed by atoms with E-state index in [4.69, 9.17) is 4.99 Å². The molecule has 0 aliphatic carbocycles. The van der Waals surface area contributed by atoms with E-state index >= 15 is 0 Å². The summed E-state index contributed by atoms with van der Waals surface area (Å²) in [6.45, 7) is 6.50. The minimum Gasteiger partial charge on any atom is -0.507 e. The second-order valence-corrected chi connectivity index (χ2v) is 6.74. The topological polar surface area (TPSA) is 49.2 Å². The number of aliphatic imine (C=N–C) groups is 1. The van der Waals surface area contributed by atoms with Gasteiger partial charge in [0.15, 0.2) is 6.17 Å². The van der Waals surface area contributed by atoms with Crippen LogP contribution < -0.4 is 5.32 Å². The van der Waals surface area contributed by atoms with E-state index < -0.39 is 0 Å². The quantitative estimate of drug-likeness (QED) is 0.899. The van der Waals surface area contributed by atoms with Gasteiger partial charge in [0.05, 0.1) is 11.3 Å². The summed E-state index contributed by atoms with van der Waals surface area (Å²) in [4.78, 5) is 4.97. The van der Waals surface area contributed by atoms with Crippen molar-refractivity contribution in [3.8, 4) is 5.75 Å². The zero-order valence-corrected chi connectivity index (χ0v) is 14.0.